The third-order valence-corrected chi connectivity index (χ3v) is 3.67. The average molecular weight is 367 g/mol. The van der Waals surface area contributed by atoms with Gasteiger partial charge in [-0.05, 0) is 0 Å². The molecule has 0 aromatic carbocycles. The van der Waals surface area contributed by atoms with Crippen LogP contribution < -0.4 is 0 Å². The van der Waals surface area contributed by atoms with Crippen molar-refractivity contribution >= 4 is 15.9 Å². The zero-order valence-electron chi connectivity index (χ0n) is 9.84. The SMILES string of the molecule is FC(F)(F)c1nnc2n1CCN(CC(Br)C(F)(F)F)C2. The first-order valence-electron chi connectivity index (χ1n) is 5.51. The summed E-state index contributed by atoms with van der Waals surface area (Å²) >= 11 is 2.52. The summed E-state index contributed by atoms with van der Waals surface area (Å²) in [5, 5.41) is 6.46. The number of fused-ring (bicyclic) bond motifs is 1. The minimum absolute atomic E-state index is 0.0189. The van der Waals surface area contributed by atoms with Crippen molar-refractivity contribution in [3.05, 3.63) is 11.6 Å². The molecule has 4 nitrogen and oxygen atoms in total. The number of hydrogen-bond donors (Lipinski definition) is 0. The predicted molar refractivity (Wildman–Crippen MR) is 59.1 cm³/mol. The van der Waals surface area contributed by atoms with E-state index in [1.54, 1.807) is 0 Å². The molecule has 0 radical (unpaired) electrons. The largest absolute Gasteiger partial charge is 0.451 e. The Labute approximate surface area is 117 Å². The molecule has 0 aliphatic carbocycles. The smallest absolute Gasteiger partial charge is 0.305 e. The summed E-state index contributed by atoms with van der Waals surface area (Å²) in [7, 11) is 0. The highest BCUT2D eigenvalue weighted by Gasteiger charge is 2.41. The number of hydrogen-bond acceptors (Lipinski definition) is 3. The zero-order chi connectivity index (χ0) is 15.1. The van der Waals surface area contributed by atoms with E-state index >= 15 is 0 Å². The Morgan fingerprint density at radius 2 is 1.75 bits per heavy atom. The molecule has 1 aromatic heterocycles. The van der Waals surface area contributed by atoms with Gasteiger partial charge in [0.05, 0.1) is 6.54 Å². The van der Waals surface area contributed by atoms with E-state index < -0.39 is 23.0 Å². The maximum Gasteiger partial charge on any atom is 0.451 e. The van der Waals surface area contributed by atoms with Gasteiger partial charge in [-0.25, -0.2) is 0 Å². The molecular weight excluding hydrogens is 358 g/mol. The van der Waals surface area contributed by atoms with E-state index in [-0.39, 0.29) is 32.0 Å². The van der Waals surface area contributed by atoms with Gasteiger partial charge in [0.25, 0.3) is 0 Å². The molecule has 0 saturated carbocycles. The lowest BCUT2D eigenvalue weighted by molar-refractivity contribution is -0.148. The van der Waals surface area contributed by atoms with Crippen molar-refractivity contribution in [2.24, 2.45) is 0 Å². The van der Waals surface area contributed by atoms with E-state index in [0.717, 1.165) is 4.57 Å². The van der Waals surface area contributed by atoms with Crippen LogP contribution in [0.3, 0.4) is 0 Å². The van der Waals surface area contributed by atoms with Crippen LogP contribution in [-0.2, 0) is 19.3 Å². The van der Waals surface area contributed by atoms with Crippen molar-refractivity contribution in [2.45, 2.75) is 30.3 Å². The molecule has 20 heavy (non-hydrogen) atoms. The van der Waals surface area contributed by atoms with Gasteiger partial charge < -0.3 is 4.57 Å². The fourth-order valence-corrected chi connectivity index (χ4v) is 2.31. The second-order valence-corrected chi connectivity index (χ2v) is 5.44. The Morgan fingerprint density at radius 1 is 1.10 bits per heavy atom. The molecule has 1 aromatic rings. The molecule has 0 amide bonds. The Bertz CT molecular complexity index is 482. The Morgan fingerprint density at radius 3 is 2.30 bits per heavy atom. The summed E-state index contributed by atoms with van der Waals surface area (Å²) < 4.78 is 75.8. The molecule has 0 bridgehead atoms. The third-order valence-electron chi connectivity index (χ3n) is 2.86. The Balaban J connectivity index is 2.08. The lowest BCUT2D eigenvalue weighted by Crippen LogP contribution is -2.42. The first-order chi connectivity index (χ1) is 9.09. The van der Waals surface area contributed by atoms with Crippen molar-refractivity contribution in [2.75, 3.05) is 13.1 Å². The first-order valence-corrected chi connectivity index (χ1v) is 6.43. The summed E-state index contributed by atoms with van der Waals surface area (Å²) in [5.41, 5.74) is 0. The number of nitrogens with zero attached hydrogens (tertiary/aromatic N) is 4. The molecule has 1 atom stereocenters. The van der Waals surface area contributed by atoms with E-state index in [0.29, 0.717) is 0 Å². The van der Waals surface area contributed by atoms with E-state index in [2.05, 4.69) is 26.1 Å². The highest BCUT2D eigenvalue weighted by molar-refractivity contribution is 9.09. The molecule has 0 spiro atoms. The van der Waals surface area contributed by atoms with Crippen molar-refractivity contribution in [1.82, 2.24) is 19.7 Å². The van der Waals surface area contributed by atoms with Gasteiger partial charge in [-0.3, -0.25) is 4.90 Å². The van der Waals surface area contributed by atoms with E-state index in [1.807, 2.05) is 0 Å². The van der Waals surface area contributed by atoms with Crippen LogP contribution in [0.1, 0.15) is 11.6 Å². The van der Waals surface area contributed by atoms with Crippen molar-refractivity contribution in [3.63, 3.8) is 0 Å². The fourth-order valence-electron chi connectivity index (χ4n) is 1.90. The summed E-state index contributed by atoms with van der Waals surface area (Å²) in [6.07, 6.45) is -9.01. The second-order valence-electron chi connectivity index (χ2n) is 4.33. The summed E-state index contributed by atoms with van der Waals surface area (Å²) in [6.45, 7) is -0.458. The molecule has 1 aliphatic rings. The van der Waals surface area contributed by atoms with Crippen LogP contribution in [0.4, 0.5) is 26.3 Å². The molecule has 0 fully saturated rings. The van der Waals surface area contributed by atoms with Gasteiger partial charge in [-0.15, -0.1) is 10.2 Å². The highest BCUT2D eigenvalue weighted by atomic mass is 79.9. The Kier molecular flexibility index (Phi) is 4.02. The van der Waals surface area contributed by atoms with Crippen LogP contribution in [0.25, 0.3) is 0 Å². The average Bonchev–Trinajstić information content (AvgIpc) is 2.70. The molecule has 1 unspecified atom stereocenters. The van der Waals surface area contributed by atoms with Crippen LogP contribution in [0.2, 0.25) is 0 Å². The molecule has 2 rings (SSSR count). The minimum atomic E-state index is -4.61. The molecule has 2 heterocycles. The van der Waals surface area contributed by atoms with E-state index in [1.165, 1.54) is 4.90 Å². The van der Waals surface area contributed by atoms with Crippen LogP contribution in [0, 0.1) is 0 Å². The zero-order valence-corrected chi connectivity index (χ0v) is 11.4. The monoisotopic (exact) mass is 366 g/mol. The number of aromatic nitrogens is 3. The number of rotatable bonds is 2. The van der Waals surface area contributed by atoms with Crippen LogP contribution in [-0.4, -0.2) is 43.8 Å². The van der Waals surface area contributed by atoms with Gasteiger partial charge in [0, 0.05) is 19.6 Å². The summed E-state index contributed by atoms with van der Waals surface area (Å²) in [6, 6.07) is 0. The maximum atomic E-state index is 12.6. The molecular formula is C9H9BrF6N4. The minimum Gasteiger partial charge on any atom is -0.305 e. The van der Waals surface area contributed by atoms with Gasteiger partial charge in [0.15, 0.2) is 0 Å². The van der Waals surface area contributed by atoms with Gasteiger partial charge in [-0.2, -0.15) is 26.3 Å². The van der Waals surface area contributed by atoms with E-state index in [9.17, 15) is 26.3 Å². The van der Waals surface area contributed by atoms with Gasteiger partial charge in [-0.1, -0.05) is 15.9 Å². The maximum absolute atomic E-state index is 12.6. The standard InChI is InChI=1S/C9H9BrF6N4/c10-5(8(11,12)13)3-19-1-2-20-6(4-19)17-18-7(20)9(14,15)16/h5H,1-4H2. The first kappa shape index (κ1) is 15.5. The third kappa shape index (κ3) is 3.25. The van der Waals surface area contributed by atoms with Crippen LogP contribution >= 0.6 is 15.9 Å². The van der Waals surface area contributed by atoms with Gasteiger partial charge in [0.2, 0.25) is 5.82 Å². The van der Waals surface area contributed by atoms with Gasteiger partial charge in [0.1, 0.15) is 10.7 Å². The molecule has 11 heteroatoms. The molecule has 0 saturated heterocycles. The molecule has 114 valence electrons. The second kappa shape index (κ2) is 5.17. The lowest BCUT2D eigenvalue weighted by atomic mass is 10.3. The van der Waals surface area contributed by atoms with Crippen LogP contribution in [0.15, 0.2) is 0 Å². The summed E-state index contributed by atoms with van der Waals surface area (Å²) in [5.74, 6) is -1.09. The quantitative estimate of drug-likeness (QED) is 0.595. The number of halogens is 7. The van der Waals surface area contributed by atoms with E-state index in [4.69, 9.17) is 0 Å². The van der Waals surface area contributed by atoms with Gasteiger partial charge >= 0.3 is 12.4 Å². The van der Waals surface area contributed by atoms with Crippen molar-refractivity contribution in [3.8, 4) is 0 Å². The summed E-state index contributed by atoms with van der Waals surface area (Å²) in [4.78, 5) is -0.344. The fraction of sp³-hybridized carbons (Fsp3) is 0.778. The number of alkyl halides is 7. The van der Waals surface area contributed by atoms with Crippen molar-refractivity contribution < 1.29 is 26.3 Å². The highest BCUT2D eigenvalue weighted by Crippen LogP contribution is 2.31. The normalized spacial score (nSPS) is 18.9. The molecule has 1 aliphatic heterocycles. The predicted octanol–water partition coefficient (Wildman–Crippen LogP) is 2.44. The topological polar surface area (TPSA) is 34.0 Å². The van der Waals surface area contributed by atoms with Crippen LogP contribution in [0.5, 0.6) is 0 Å². The molecule has 0 N–H and O–H groups in total. The Hall–Kier alpha value is -0.840. The van der Waals surface area contributed by atoms with Crippen molar-refractivity contribution in [1.29, 1.82) is 0 Å². The lowest BCUT2D eigenvalue weighted by Gasteiger charge is -2.29.